The lowest BCUT2D eigenvalue weighted by Crippen LogP contribution is -2.48. The molecule has 20 heavy (non-hydrogen) atoms. The lowest BCUT2D eigenvalue weighted by Gasteiger charge is -2.36. The van der Waals surface area contributed by atoms with Crippen LogP contribution < -0.4 is 10.6 Å². The van der Waals surface area contributed by atoms with Crippen molar-refractivity contribution in [2.24, 2.45) is 23.2 Å². The summed E-state index contributed by atoms with van der Waals surface area (Å²) in [4.78, 5) is 12.5. The Bertz CT molecular complexity index is 321. The van der Waals surface area contributed by atoms with Crippen LogP contribution in [0.5, 0.6) is 0 Å². The number of rotatable bonds is 4. The first-order valence-electron chi connectivity index (χ1n) is 8.49. The summed E-state index contributed by atoms with van der Waals surface area (Å²) in [5, 5.41) is 6.67. The Kier molecular flexibility index (Phi) is 5.48. The third kappa shape index (κ3) is 3.97. The van der Waals surface area contributed by atoms with Crippen LogP contribution in [0.4, 0.5) is 0 Å². The Labute approximate surface area is 124 Å². The summed E-state index contributed by atoms with van der Waals surface area (Å²) in [6.45, 7) is 9.54. The molecule has 116 valence electrons. The first-order chi connectivity index (χ1) is 9.50. The van der Waals surface area contributed by atoms with Gasteiger partial charge in [-0.25, -0.2) is 0 Å². The van der Waals surface area contributed by atoms with E-state index >= 15 is 0 Å². The summed E-state index contributed by atoms with van der Waals surface area (Å²) in [5.74, 6) is 2.26. The fourth-order valence-electron chi connectivity index (χ4n) is 3.86. The fourth-order valence-corrected chi connectivity index (χ4v) is 3.86. The zero-order valence-corrected chi connectivity index (χ0v) is 13.5. The van der Waals surface area contributed by atoms with E-state index in [1.807, 2.05) is 0 Å². The summed E-state index contributed by atoms with van der Waals surface area (Å²) < 4.78 is 0. The molecule has 0 aromatic rings. The zero-order chi connectivity index (χ0) is 14.6. The average molecular weight is 280 g/mol. The van der Waals surface area contributed by atoms with Crippen LogP contribution in [0.25, 0.3) is 0 Å². The third-order valence-electron chi connectivity index (χ3n) is 5.50. The lowest BCUT2D eigenvalue weighted by molar-refractivity contribution is -0.132. The van der Waals surface area contributed by atoms with Gasteiger partial charge in [0.25, 0.3) is 0 Å². The maximum atomic E-state index is 12.5. The maximum Gasteiger partial charge on any atom is 0.225 e. The van der Waals surface area contributed by atoms with Gasteiger partial charge in [-0.3, -0.25) is 4.79 Å². The van der Waals surface area contributed by atoms with Crippen LogP contribution in [-0.4, -0.2) is 25.5 Å². The van der Waals surface area contributed by atoms with E-state index in [-0.39, 0.29) is 11.3 Å². The highest BCUT2D eigenvalue weighted by molar-refractivity contribution is 5.82. The van der Waals surface area contributed by atoms with E-state index in [9.17, 15) is 4.79 Å². The number of piperidine rings is 1. The molecular formula is C17H32N2O. The Hall–Kier alpha value is -0.570. The minimum absolute atomic E-state index is 0.242. The molecule has 1 saturated heterocycles. The Morgan fingerprint density at radius 1 is 1.25 bits per heavy atom. The SMILES string of the molecule is CC1CCCC(CNC(=O)C(C)(C)C2CCCNC2)C1. The molecule has 2 fully saturated rings. The Balaban J connectivity index is 1.80. The molecule has 2 rings (SSSR count). The third-order valence-corrected chi connectivity index (χ3v) is 5.50. The van der Waals surface area contributed by atoms with Crippen LogP contribution >= 0.6 is 0 Å². The molecule has 3 nitrogen and oxygen atoms in total. The summed E-state index contributed by atoms with van der Waals surface area (Å²) >= 11 is 0. The number of carbonyl (C=O) groups is 1. The van der Waals surface area contributed by atoms with Crippen LogP contribution in [0.3, 0.4) is 0 Å². The quantitative estimate of drug-likeness (QED) is 0.831. The van der Waals surface area contributed by atoms with Gasteiger partial charge in [-0.2, -0.15) is 0 Å². The standard InChI is InChI=1S/C17H32N2O/c1-13-6-4-7-14(10-13)11-19-16(20)17(2,3)15-8-5-9-18-12-15/h13-15,18H,4-12H2,1-3H3,(H,19,20). The van der Waals surface area contributed by atoms with E-state index in [1.165, 1.54) is 38.5 Å². The Morgan fingerprint density at radius 2 is 2.05 bits per heavy atom. The highest BCUT2D eigenvalue weighted by Crippen LogP contribution is 2.32. The van der Waals surface area contributed by atoms with Gasteiger partial charge in [0.15, 0.2) is 0 Å². The molecule has 1 heterocycles. The van der Waals surface area contributed by atoms with Crippen molar-refractivity contribution in [3.05, 3.63) is 0 Å². The summed E-state index contributed by atoms with van der Waals surface area (Å²) in [6, 6.07) is 0. The van der Waals surface area contributed by atoms with Crippen LogP contribution in [0.15, 0.2) is 0 Å². The number of hydrogen-bond donors (Lipinski definition) is 2. The van der Waals surface area contributed by atoms with E-state index in [0.29, 0.717) is 11.8 Å². The van der Waals surface area contributed by atoms with Crippen LogP contribution in [0, 0.1) is 23.2 Å². The second-order valence-corrected chi connectivity index (χ2v) is 7.61. The van der Waals surface area contributed by atoms with Crippen molar-refractivity contribution >= 4 is 5.91 Å². The second-order valence-electron chi connectivity index (χ2n) is 7.61. The van der Waals surface area contributed by atoms with Crippen molar-refractivity contribution in [3.8, 4) is 0 Å². The van der Waals surface area contributed by atoms with E-state index in [4.69, 9.17) is 0 Å². The summed E-state index contributed by atoms with van der Waals surface area (Å²) in [7, 11) is 0. The molecule has 2 N–H and O–H groups in total. The van der Waals surface area contributed by atoms with E-state index in [0.717, 1.165) is 25.6 Å². The number of nitrogens with one attached hydrogen (secondary N) is 2. The molecule has 1 aliphatic heterocycles. The Morgan fingerprint density at radius 3 is 2.70 bits per heavy atom. The molecule has 1 aliphatic carbocycles. The first-order valence-corrected chi connectivity index (χ1v) is 8.49. The molecule has 0 aromatic carbocycles. The van der Waals surface area contributed by atoms with Crippen molar-refractivity contribution in [1.82, 2.24) is 10.6 Å². The minimum Gasteiger partial charge on any atom is -0.355 e. The summed E-state index contributed by atoms with van der Waals surface area (Å²) in [5.41, 5.74) is -0.242. The predicted octanol–water partition coefficient (Wildman–Crippen LogP) is 2.95. The van der Waals surface area contributed by atoms with Gasteiger partial charge in [0, 0.05) is 12.0 Å². The van der Waals surface area contributed by atoms with Gasteiger partial charge in [0.2, 0.25) is 5.91 Å². The molecule has 0 bridgehead atoms. The molecular weight excluding hydrogens is 248 g/mol. The molecule has 0 radical (unpaired) electrons. The fraction of sp³-hybridized carbons (Fsp3) is 0.941. The smallest absolute Gasteiger partial charge is 0.225 e. The molecule has 1 saturated carbocycles. The molecule has 0 aromatic heterocycles. The molecule has 0 spiro atoms. The second kappa shape index (κ2) is 6.93. The summed E-state index contributed by atoms with van der Waals surface area (Å²) in [6.07, 6.45) is 7.64. The topological polar surface area (TPSA) is 41.1 Å². The number of amides is 1. The van der Waals surface area contributed by atoms with Crippen molar-refractivity contribution < 1.29 is 4.79 Å². The predicted molar refractivity (Wildman–Crippen MR) is 83.5 cm³/mol. The largest absolute Gasteiger partial charge is 0.355 e. The van der Waals surface area contributed by atoms with E-state index in [2.05, 4.69) is 31.4 Å². The van der Waals surface area contributed by atoms with Gasteiger partial charge in [0.05, 0.1) is 0 Å². The minimum atomic E-state index is -0.242. The highest BCUT2D eigenvalue weighted by atomic mass is 16.2. The van der Waals surface area contributed by atoms with Crippen molar-refractivity contribution in [2.75, 3.05) is 19.6 Å². The molecule has 2 aliphatic rings. The van der Waals surface area contributed by atoms with E-state index in [1.54, 1.807) is 0 Å². The molecule has 1 amide bonds. The molecule has 3 unspecified atom stereocenters. The van der Waals surface area contributed by atoms with Crippen molar-refractivity contribution in [1.29, 1.82) is 0 Å². The van der Waals surface area contributed by atoms with E-state index < -0.39 is 0 Å². The lowest BCUT2D eigenvalue weighted by atomic mass is 9.74. The highest BCUT2D eigenvalue weighted by Gasteiger charge is 2.37. The zero-order valence-electron chi connectivity index (χ0n) is 13.5. The maximum absolute atomic E-state index is 12.5. The number of carbonyl (C=O) groups excluding carboxylic acids is 1. The first kappa shape index (κ1) is 15.8. The van der Waals surface area contributed by atoms with Gasteiger partial charge >= 0.3 is 0 Å². The van der Waals surface area contributed by atoms with Gasteiger partial charge in [-0.05, 0) is 56.5 Å². The van der Waals surface area contributed by atoms with Crippen molar-refractivity contribution in [2.45, 2.75) is 59.3 Å². The number of hydrogen-bond acceptors (Lipinski definition) is 2. The van der Waals surface area contributed by atoms with Crippen LogP contribution in [0.2, 0.25) is 0 Å². The monoisotopic (exact) mass is 280 g/mol. The van der Waals surface area contributed by atoms with Gasteiger partial charge in [0.1, 0.15) is 0 Å². The van der Waals surface area contributed by atoms with Gasteiger partial charge in [-0.15, -0.1) is 0 Å². The van der Waals surface area contributed by atoms with Gasteiger partial charge in [-0.1, -0.05) is 33.6 Å². The molecule has 3 heteroatoms. The normalized spacial score (nSPS) is 31.9. The van der Waals surface area contributed by atoms with Crippen LogP contribution in [0.1, 0.15) is 59.3 Å². The average Bonchev–Trinajstić information content (AvgIpc) is 2.45. The molecule has 3 atom stereocenters. The van der Waals surface area contributed by atoms with Crippen LogP contribution in [-0.2, 0) is 4.79 Å². The van der Waals surface area contributed by atoms with Crippen molar-refractivity contribution in [3.63, 3.8) is 0 Å². The van der Waals surface area contributed by atoms with Gasteiger partial charge < -0.3 is 10.6 Å².